The van der Waals surface area contributed by atoms with Crippen LogP contribution in [-0.2, 0) is 6.42 Å². The Balaban J connectivity index is 2.02. The normalized spacial score (nSPS) is 14.0. The highest BCUT2D eigenvalue weighted by Crippen LogP contribution is 2.31. The molecule has 0 unspecified atom stereocenters. The number of fused-ring (bicyclic) bond motifs is 1. The standard InChI is InChI=1S/C17H15BrClNO/c1-11-4-7-16-12(9-11)3-2-8-20(16)17(21)14-10-13(19)5-6-15(14)18/h4-7,9-10H,2-3,8H2,1H3. The third kappa shape index (κ3) is 2.85. The first-order valence-electron chi connectivity index (χ1n) is 6.93. The number of rotatable bonds is 1. The molecule has 0 aromatic heterocycles. The van der Waals surface area contributed by atoms with Gasteiger partial charge in [-0.25, -0.2) is 0 Å². The molecule has 0 saturated carbocycles. The van der Waals surface area contributed by atoms with Crippen molar-refractivity contribution >= 4 is 39.1 Å². The first kappa shape index (κ1) is 14.6. The molecule has 1 heterocycles. The summed E-state index contributed by atoms with van der Waals surface area (Å²) in [4.78, 5) is 14.7. The molecule has 0 spiro atoms. The lowest BCUT2D eigenvalue weighted by atomic mass is 9.99. The molecular weight excluding hydrogens is 350 g/mol. The van der Waals surface area contributed by atoms with Crippen molar-refractivity contribution in [1.29, 1.82) is 0 Å². The number of hydrogen-bond donors (Lipinski definition) is 0. The van der Waals surface area contributed by atoms with E-state index in [1.54, 1.807) is 12.1 Å². The lowest BCUT2D eigenvalue weighted by Crippen LogP contribution is -2.35. The molecule has 0 radical (unpaired) electrons. The van der Waals surface area contributed by atoms with Crippen molar-refractivity contribution in [2.75, 3.05) is 11.4 Å². The van der Waals surface area contributed by atoms with Gasteiger partial charge in [0.05, 0.1) is 5.56 Å². The van der Waals surface area contributed by atoms with Crippen molar-refractivity contribution in [3.8, 4) is 0 Å². The van der Waals surface area contributed by atoms with Crippen molar-refractivity contribution in [3.63, 3.8) is 0 Å². The van der Waals surface area contributed by atoms with E-state index in [4.69, 9.17) is 11.6 Å². The predicted octanol–water partition coefficient (Wildman–Crippen LogP) is 5.00. The predicted molar refractivity (Wildman–Crippen MR) is 90.3 cm³/mol. The third-order valence-electron chi connectivity index (χ3n) is 3.76. The monoisotopic (exact) mass is 363 g/mol. The van der Waals surface area contributed by atoms with Crippen LogP contribution in [0.2, 0.25) is 5.02 Å². The van der Waals surface area contributed by atoms with Crippen LogP contribution in [0.25, 0.3) is 0 Å². The summed E-state index contributed by atoms with van der Waals surface area (Å²) < 4.78 is 0.774. The largest absolute Gasteiger partial charge is 0.308 e. The van der Waals surface area contributed by atoms with Crippen LogP contribution >= 0.6 is 27.5 Å². The molecule has 2 aromatic rings. The number of hydrogen-bond acceptors (Lipinski definition) is 1. The van der Waals surface area contributed by atoms with E-state index in [0.29, 0.717) is 10.6 Å². The second-order valence-corrected chi connectivity index (χ2v) is 6.61. The number of benzene rings is 2. The SMILES string of the molecule is Cc1ccc2c(c1)CCCN2C(=O)c1cc(Cl)ccc1Br. The summed E-state index contributed by atoms with van der Waals surface area (Å²) in [6, 6.07) is 11.6. The van der Waals surface area contributed by atoms with Crippen LogP contribution < -0.4 is 4.90 Å². The van der Waals surface area contributed by atoms with Crippen molar-refractivity contribution < 1.29 is 4.79 Å². The van der Waals surface area contributed by atoms with Gasteiger partial charge in [-0.3, -0.25) is 4.79 Å². The summed E-state index contributed by atoms with van der Waals surface area (Å²) >= 11 is 9.47. The molecule has 0 N–H and O–H groups in total. The van der Waals surface area contributed by atoms with Crippen LogP contribution in [-0.4, -0.2) is 12.5 Å². The summed E-state index contributed by atoms with van der Waals surface area (Å²) in [5.74, 6) is -0.00539. The molecule has 1 aliphatic heterocycles. The van der Waals surface area contributed by atoms with Gasteiger partial charge in [0.1, 0.15) is 0 Å². The summed E-state index contributed by atoms with van der Waals surface area (Å²) in [6.07, 6.45) is 2.01. The van der Waals surface area contributed by atoms with Crippen LogP contribution in [0.5, 0.6) is 0 Å². The van der Waals surface area contributed by atoms with E-state index < -0.39 is 0 Å². The molecule has 0 bridgehead atoms. The van der Waals surface area contributed by atoms with Gasteiger partial charge in [0.2, 0.25) is 0 Å². The fourth-order valence-electron chi connectivity index (χ4n) is 2.74. The molecule has 3 rings (SSSR count). The molecule has 1 amide bonds. The molecule has 2 aromatic carbocycles. The maximum absolute atomic E-state index is 12.9. The molecule has 4 heteroatoms. The zero-order valence-corrected chi connectivity index (χ0v) is 14.0. The van der Waals surface area contributed by atoms with Gasteiger partial charge in [0.15, 0.2) is 0 Å². The molecule has 0 aliphatic carbocycles. The number of aryl methyl sites for hydroxylation is 2. The van der Waals surface area contributed by atoms with Crippen molar-refractivity contribution in [2.24, 2.45) is 0 Å². The molecule has 108 valence electrons. The molecule has 0 saturated heterocycles. The summed E-state index contributed by atoms with van der Waals surface area (Å²) in [5, 5.41) is 0.572. The Bertz CT molecular complexity index is 714. The van der Waals surface area contributed by atoms with Crippen LogP contribution in [0.4, 0.5) is 5.69 Å². The first-order chi connectivity index (χ1) is 10.1. The van der Waals surface area contributed by atoms with E-state index in [2.05, 4.69) is 35.0 Å². The Kier molecular flexibility index (Phi) is 4.05. The van der Waals surface area contributed by atoms with Gasteiger partial charge in [0, 0.05) is 21.7 Å². The van der Waals surface area contributed by atoms with Gasteiger partial charge >= 0.3 is 0 Å². The Morgan fingerprint density at radius 3 is 2.86 bits per heavy atom. The van der Waals surface area contributed by atoms with Crippen LogP contribution in [0.15, 0.2) is 40.9 Å². The molecule has 1 aliphatic rings. The highest BCUT2D eigenvalue weighted by molar-refractivity contribution is 9.10. The summed E-state index contributed by atoms with van der Waals surface area (Å²) in [6.45, 7) is 2.82. The fraction of sp³-hybridized carbons (Fsp3) is 0.235. The van der Waals surface area contributed by atoms with E-state index in [1.165, 1.54) is 11.1 Å². The fourth-order valence-corrected chi connectivity index (χ4v) is 3.33. The second kappa shape index (κ2) is 5.82. The Labute approximate surface area is 137 Å². The zero-order chi connectivity index (χ0) is 15.0. The smallest absolute Gasteiger partial charge is 0.259 e. The molecular formula is C17H15BrClNO. The minimum Gasteiger partial charge on any atom is -0.308 e. The highest BCUT2D eigenvalue weighted by Gasteiger charge is 2.25. The minimum absolute atomic E-state index is 0.00539. The second-order valence-electron chi connectivity index (χ2n) is 5.32. The Hall–Kier alpha value is -1.32. The van der Waals surface area contributed by atoms with Crippen molar-refractivity contribution in [2.45, 2.75) is 19.8 Å². The molecule has 2 nitrogen and oxygen atoms in total. The van der Waals surface area contributed by atoms with Crippen molar-refractivity contribution in [1.82, 2.24) is 0 Å². The quantitative estimate of drug-likeness (QED) is 0.697. The Morgan fingerprint density at radius 2 is 2.05 bits per heavy atom. The third-order valence-corrected chi connectivity index (χ3v) is 4.68. The number of carbonyl (C=O) groups excluding carboxylic acids is 1. The summed E-state index contributed by atoms with van der Waals surface area (Å²) in [5.41, 5.74) is 4.10. The summed E-state index contributed by atoms with van der Waals surface area (Å²) in [7, 11) is 0. The highest BCUT2D eigenvalue weighted by atomic mass is 79.9. The lowest BCUT2D eigenvalue weighted by molar-refractivity contribution is 0.0984. The number of carbonyl (C=O) groups is 1. The Morgan fingerprint density at radius 1 is 1.24 bits per heavy atom. The van der Waals surface area contributed by atoms with Gasteiger partial charge in [-0.2, -0.15) is 0 Å². The molecule has 21 heavy (non-hydrogen) atoms. The first-order valence-corrected chi connectivity index (χ1v) is 8.10. The van der Waals surface area contributed by atoms with E-state index in [9.17, 15) is 4.79 Å². The number of nitrogens with zero attached hydrogens (tertiary/aromatic N) is 1. The van der Waals surface area contributed by atoms with Crippen LogP contribution in [0.1, 0.15) is 27.9 Å². The molecule has 0 fully saturated rings. The number of anilines is 1. The minimum atomic E-state index is -0.00539. The van der Waals surface area contributed by atoms with Gasteiger partial charge in [-0.1, -0.05) is 29.3 Å². The maximum Gasteiger partial charge on any atom is 0.259 e. The van der Waals surface area contributed by atoms with Gasteiger partial charge in [0.25, 0.3) is 5.91 Å². The number of amides is 1. The van der Waals surface area contributed by atoms with E-state index in [1.807, 2.05) is 17.0 Å². The van der Waals surface area contributed by atoms with Crippen molar-refractivity contribution in [3.05, 3.63) is 62.6 Å². The maximum atomic E-state index is 12.9. The zero-order valence-electron chi connectivity index (χ0n) is 11.7. The molecule has 0 atom stereocenters. The van der Waals surface area contributed by atoms with Gasteiger partial charge in [-0.15, -0.1) is 0 Å². The van der Waals surface area contributed by atoms with E-state index >= 15 is 0 Å². The average Bonchev–Trinajstić information content (AvgIpc) is 2.48. The lowest BCUT2D eigenvalue weighted by Gasteiger charge is -2.30. The van der Waals surface area contributed by atoms with E-state index in [0.717, 1.165) is 29.5 Å². The van der Waals surface area contributed by atoms with E-state index in [-0.39, 0.29) is 5.91 Å². The topological polar surface area (TPSA) is 20.3 Å². The average molecular weight is 365 g/mol. The van der Waals surface area contributed by atoms with Crippen LogP contribution in [0.3, 0.4) is 0 Å². The van der Waals surface area contributed by atoms with Crippen LogP contribution in [0, 0.1) is 6.92 Å². The van der Waals surface area contributed by atoms with Gasteiger partial charge < -0.3 is 4.90 Å². The number of halogens is 2. The van der Waals surface area contributed by atoms with Gasteiger partial charge in [-0.05, 0) is 65.5 Å².